The summed E-state index contributed by atoms with van der Waals surface area (Å²) in [6.07, 6.45) is 3.86. The van der Waals surface area contributed by atoms with Gasteiger partial charge in [0.15, 0.2) is 0 Å². The second-order valence-electron chi connectivity index (χ2n) is 0.692. The number of allylic oxidation sites excluding steroid dienone is 2. The molecule has 0 saturated carbocycles. The van der Waals surface area contributed by atoms with Crippen molar-refractivity contribution in [3.8, 4) is 0 Å². The topological polar surface area (TPSA) is 0 Å². The van der Waals surface area contributed by atoms with Gasteiger partial charge >= 0.3 is 0 Å². The van der Waals surface area contributed by atoms with E-state index >= 15 is 0 Å². The average molecular weight is 86.1 g/mol. The highest BCUT2D eigenvalue weighted by molar-refractivity contribution is 7.18. The van der Waals surface area contributed by atoms with E-state index < -0.39 is 0 Å². The van der Waals surface area contributed by atoms with Gasteiger partial charge in [0.05, 0.1) is 0 Å². The summed E-state index contributed by atoms with van der Waals surface area (Å²) >= 11 is 0. The van der Waals surface area contributed by atoms with Crippen molar-refractivity contribution in [3.05, 3.63) is 12.2 Å². The molecule has 0 aliphatic heterocycles. The Morgan fingerprint density at radius 3 is 2.20 bits per heavy atom. The molecule has 0 spiro atoms. The van der Waals surface area contributed by atoms with Gasteiger partial charge in [-0.25, -0.2) is 0 Å². The maximum Gasteiger partial charge on any atom is -0.0423 e. The van der Waals surface area contributed by atoms with Gasteiger partial charge in [0.25, 0.3) is 0 Å². The van der Waals surface area contributed by atoms with Crippen molar-refractivity contribution in [2.45, 2.75) is 6.92 Å². The van der Waals surface area contributed by atoms with Crippen molar-refractivity contribution in [3.63, 3.8) is 0 Å². The highest BCUT2D eigenvalue weighted by Gasteiger charge is 1.42. The lowest BCUT2D eigenvalue weighted by Crippen LogP contribution is -1.43. The third kappa shape index (κ3) is 3.91. The zero-order chi connectivity index (χ0) is 4.12. The Hall–Kier alpha value is -0.0900. The largest absolute Gasteiger partial charge is 0.122 e. The first-order chi connectivity index (χ1) is 2.41. The summed E-state index contributed by atoms with van der Waals surface area (Å²) in [6.45, 7) is 1.97. The van der Waals surface area contributed by atoms with Crippen LogP contribution in [0.4, 0.5) is 0 Å². The fraction of sp³-hybridized carbons (Fsp3) is 0.250. The van der Waals surface area contributed by atoms with Gasteiger partial charge in [-0.05, 0) is 12.7 Å². The van der Waals surface area contributed by atoms with Crippen molar-refractivity contribution < 1.29 is 0 Å². The van der Waals surface area contributed by atoms with E-state index in [2.05, 4.69) is 8.86 Å². The highest BCUT2D eigenvalue weighted by Crippen LogP contribution is 1.62. The van der Waals surface area contributed by atoms with Gasteiger partial charge in [-0.15, -0.1) is 8.86 Å². The summed E-state index contributed by atoms with van der Waals surface area (Å²) in [4.78, 5) is 0. The predicted molar refractivity (Wildman–Crippen MR) is 29.2 cm³/mol. The SMILES string of the molecule is CC=CC=P. The molecule has 28 valence electrons. The molecular weight excluding hydrogens is 79.0 g/mol. The monoisotopic (exact) mass is 86.0 g/mol. The van der Waals surface area contributed by atoms with Gasteiger partial charge in [-0.1, -0.05) is 12.2 Å². The summed E-state index contributed by atoms with van der Waals surface area (Å²) in [6, 6.07) is 0. The van der Waals surface area contributed by atoms with E-state index in [9.17, 15) is 0 Å². The minimum atomic E-state index is 1.81. The zero-order valence-corrected chi connectivity index (χ0v) is 4.23. The molecule has 0 aliphatic rings. The smallest absolute Gasteiger partial charge is 0.0423 e. The first-order valence-electron chi connectivity index (χ1n) is 1.53. The normalized spacial score (nSPS) is 9.00. The molecule has 0 radical (unpaired) electrons. The van der Waals surface area contributed by atoms with E-state index in [-0.39, 0.29) is 0 Å². The first kappa shape index (κ1) is 4.91. The van der Waals surface area contributed by atoms with Crippen LogP contribution in [0.1, 0.15) is 6.92 Å². The molecule has 0 nitrogen and oxygen atoms in total. The van der Waals surface area contributed by atoms with Crippen LogP contribution in [0.3, 0.4) is 0 Å². The molecule has 0 saturated heterocycles. The average Bonchev–Trinajstić information content (AvgIpc) is 1.41. The Labute approximate surface area is 34.7 Å². The van der Waals surface area contributed by atoms with Crippen molar-refractivity contribution in [1.29, 1.82) is 0 Å². The van der Waals surface area contributed by atoms with Crippen LogP contribution in [0.2, 0.25) is 0 Å². The highest BCUT2D eigenvalue weighted by atomic mass is 31.0. The van der Waals surface area contributed by atoms with Crippen LogP contribution in [0.15, 0.2) is 12.2 Å². The van der Waals surface area contributed by atoms with Gasteiger partial charge in [-0.3, -0.25) is 0 Å². The summed E-state index contributed by atoms with van der Waals surface area (Å²) in [5, 5.41) is 0. The Kier molecular flexibility index (Phi) is 3.84. The molecule has 0 aromatic rings. The van der Waals surface area contributed by atoms with Gasteiger partial charge in [0.2, 0.25) is 0 Å². The number of hydrogen-bond donors (Lipinski definition) is 0. The van der Waals surface area contributed by atoms with Crippen LogP contribution >= 0.6 is 8.86 Å². The van der Waals surface area contributed by atoms with E-state index in [1.807, 2.05) is 19.1 Å². The molecule has 1 heteroatoms. The van der Waals surface area contributed by atoms with Crippen LogP contribution in [-0.4, -0.2) is 5.80 Å². The van der Waals surface area contributed by atoms with Crippen LogP contribution in [0, 0.1) is 0 Å². The van der Waals surface area contributed by atoms with Gasteiger partial charge in [-0.2, -0.15) is 0 Å². The molecule has 0 bridgehead atoms. The third-order valence-electron chi connectivity index (χ3n) is 0.289. The van der Waals surface area contributed by atoms with Crippen molar-refractivity contribution in [2.24, 2.45) is 0 Å². The summed E-state index contributed by atoms with van der Waals surface area (Å²) in [7, 11) is 3.14. The molecule has 0 unspecified atom stereocenters. The lowest BCUT2D eigenvalue weighted by Gasteiger charge is -1.55. The molecule has 0 aliphatic carbocycles. The minimum absolute atomic E-state index is 1.81. The van der Waals surface area contributed by atoms with Gasteiger partial charge in [0.1, 0.15) is 0 Å². The van der Waals surface area contributed by atoms with E-state index in [1.165, 1.54) is 0 Å². The zero-order valence-electron chi connectivity index (χ0n) is 3.23. The van der Waals surface area contributed by atoms with Crippen molar-refractivity contribution >= 4 is 14.7 Å². The van der Waals surface area contributed by atoms with E-state index in [0.29, 0.717) is 0 Å². The number of hydrogen-bond acceptors (Lipinski definition) is 0. The van der Waals surface area contributed by atoms with E-state index in [1.54, 1.807) is 5.80 Å². The molecule has 0 amide bonds. The fourth-order valence-corrected chi connectivity index (χ4v) is 0.289. The summed E-state index contributed by atoms with van der Waals surface area (Å²) in [5.41, 5.74) is 0. The second-order valence-corrected chi connectivity index (χ2v) is 1.03. The molecule has 0 heterocycles. The molecular formula is C4H7P. The quantitative estimate of drug-likeness (QED) is 0.424. The van der Waals surface area contributed by atoms with Crippen LogP contribution < -0.4 is 0 Å². The van der Waals surface area contributed by atoms with Crippen molar-refractivity contribution in [1.82, 2.24) is 0 Å². The van der Waals surface area contributed by atoms with Crippen LogP contribution in [0.25, 0.3) is 0 Å². The molecule has 0 rings (SSSR count). The molecule has 5 heavy (non-hydrogen) atoms. The Morgan fingerprint density at radius 1 is 1.60 bits per heavy atom. The molecule has 0 fully saturated rings. The molecule has 0 aromatic carbocycles. The first-order valence-corrected chi connectivity index (χ1v) is 2.11. The fourth-order valence-electron chi connectivity index (χ4n) is 0.0962. The summed E-state index contributed by atoms with van der Waals surface area (Å²) < 4.78 is 0. The third-order valence-corrected chi connectivity index (χ3v) is 0.481. The van der Waals surface area contributed by atoms with E-state index in [4.69, 9.17) is 0 Å². The second kappa shape index (κ2) is 3.91. The molecule has 0 aromatic heterocycles. The number of rotatable bonds is 1. The maximum absolute atomic E-state index is 3.14. The van der Waals surface area contributed by atoms with Gasteiger partial charge in [0, 0.05) is 0 Å². The van der Waals surface area contributed by atoms with E-state index in [0.717, 1.165) is 0 Å². The van der Waals surface area contributed by atoms with Crippen LogP contribution in [-0.2, 0) is 0 Å². The Bertz CT molecular complexity index is 45.6. The molecule has 0 atom stereocenters. The molecule has 0 N–H and O–H groups in total. The van der Waals surface area contributed by atoms with Gasteiger partial charge < -0.3 is 0 Å². The van der Waals surface area contributed by atoms with Crippen LogP contribution in [0.5, 0.6) is 0 Å². The standard InChI is InChI=1S/C4H7P/c1-2-3-4-5/h2-5H,1H3. The lowest BCUT2D eigenvalue weighted by atomic mass is 10.6. The van der Waals surface area contributed by atoms with Crippen molar-refractivity contribution in [2.75, 3.05) is 0 Å². The Balaban J connectivity index is 2.92. The predicted octanol–water partition coefficient (Wildman–Crippen LogP) is 1.51. The summed E-state index contributed by atoms with van der Waals surface area (Å²) in [5.74, 6) is 1.81. The maximum atomic E-state index is 3.14. The lowest BCUT2D eigenvalue weighted by molar-refractivity contribution is 1.78. The minimum Gasteiger partial charge on any atom is -0.122 e. The Morgan fingerprint density at radius 2 is 2.20 bits per heavy atom.